The molecule has 0 saturated carbocycles. The lowest BCUT2D eigenvalue weighted by atomic mass is 10.2. The van der Waals surface area contributed by atoms with E-state index in [1.54, 1.807) is 17.4 Å². The van der Waals surface area contributed by atoms with Gasteiger partial charge in [0.1, 0.15) is 10.8 Å². The number of hydrogen-bond donors (Lipinski definition) is 1. The summed E-state index contributed by atoms with van der Waals surface area (Å²) in [5, 5.41) is 10.5. The number of phenols is 1. The van der Waals surface area contributed by atoms with E-state index in [0.29, 0.717) is 4.47 Å². The molecule has 20 heavy (non-hydrogen) atoms. The Morgan fingerprint density at radius 1 is 1.15 bits per heavy atom. The van der Waals surface area contributed by atoms with Crippen molar-refractivity contribution < 1.29 is 5.11 Å². The van der Waals surface area contributed by atoms with Crippen LogP contribution in [0.2, 0.25) is 0 Å². The van der Waals surface area contributed by atoms with Crippen LogP contribution in [-0.4, -0.2) is 10.1 Å². The number of benzene rings is 2. The van der Waals surface area contributed by atoms with Gasteiger partial charge in [0.05, 0.1) is 14.7 Å². The van der Waals surface area contributed by atoms with Crippen LogP contribution in [0.4, 0.5) is 0 Å². The molecule has 0 saturated heterocycles. The van der Waals surface area contributed by atoms with Crippen LogP contribution in [0.3, 0.4) is 0 Å². The molecule has 1 aromatic heterocycles. The Hall–Kier alpha value is -1.65. The number of aromatic nitrogens is 1. The molecule has 2 nitrogen and oxygen atoms in total. The Morgan fingerprint density at radius 3 is 2.80 bits per heavy atom. The summed E-state index contributed by atoms with van der Waals surface area (Å²) in [5.41, 5.74) is 3.28. The van der Waals surface area contributed by atoms with Crippen molar-refractivity contribution in [1.82, 2.24) is 4.98 Å². The zero-order chi connectivity index (χ0) is 14.1. The fourth-order valence-electron chi connectivity index (χ4n) is 1.92. The summed E-state index contributed by atoms with van der Waals surface area (Å²) in [7, 11) is 0. The predicted octanol–water partition coefficient (Wildman–Crippen LogP) is 5.24. The Labute approximate surface area is 129 Å². The maximum atomic E-state index is 9.47. The molecular weight excluding hydrogens is 334 g/mol. The summed E-state index contributed by atoms with van der Waals surface area (Å²) in [6.07, 6.45) is 3.99. The summed E-state index contributed by atoms with van der Waals surface area (Å²) in [5.74, 6) is 0.248. The maximum absolute atomic E-state index is 9.47. The molecule has 0 unspecified atom stereocenters. The SMILES string of the molecule is Cc1ccc2sc(C=Cc3ccc(O)c(Br)c3)nc2c1. The van der Waals surface area contributed by atoms with Crippen LogP contribution in [0.25, 0.3) is 22.4 Å². The van der Waals surface area contributed by atoms with Gasteiger partial charge in [-0.3, -0.25) is 0 Å². The van der Waals surface area contributed by atoms with Crippen molar-refractivity contribution in [3.8, 4) is 5.75 Å². The number of nitrogens with zero attached hydrogens (tertiary/aromatic N) is 1. The van der Waals surface area contributed by atoms with Gasteiger partial charge in [0.2, 0.25) is 0 Å². The normalized spacial score (nSPS) is 11.5. The van der Waals surface area contributed by atoms with Crippen LogP contribution >= 0.6 is 27.3 Å². The van der Waals surface area contributed by atoms with Crippen molar-refractivity contribution in [2.24, 2.45) is 0 Å². The molecule has 3 rings (SSSR count). The number of aromatic hydroxyl groups is 1. The van der Waals surface area contributed by atoms with Crippen molar-refractivity contribution in [1.29, 1.82) is 0 Å². The molecule has 0 aliphatic heterocycles. The fraction of sp³-hybridized carbons (Fsp3) is 0.0625. The third-order valence-electron chi connectivity index (χ3n) is 2.95. The Morgan fingerprint density at radius 2 is 2.00 bits per heavy atom. The largest absolute Gasteiger partial charge is 0.507 e. The van der Waals surface area contributed by atoms with Gasteiger partial charge >= 0.3 is 0 Å². The van der Waals surface area contributed by atoms with Crippen molar-refractivity contribution >= 4 is 49.6 Å². The molecule has 100 valence electrons. The van der Waals surface area contributed by atoms with Crippen molar-refractivity contribution in [2.45, 2.75) is 6.92 Å². The number of halogens is 1. The minimum Gasteiger partial charge on any atom is -0.507 e. The molecule has 4 heteroatoms. The van der Waals surface area contributed by atoms with Crippen LogP contribution in [0.5, 0.6) is 5.75 Å². The fourth-order valence-corrected chi connectivity index (χ4v) is 3.17. The van der Waals surface area contributed by atoms with Gasteiger partial charge in [0, 0.05) is 0 Å². The van der Waals surface area contributed by atoms with Crippen molar-refractivity contribution in [2.75, 3.05) is 0 Å². The topological polar surface area (TPSA) is 33.1 Å². The van der Waals surface area contributed by atoms with Gasteiger partial charge in [0.25, 0.3) is 0 Å². The molecule has 1 heterocycles. The van der Waals surface area contributed by atoms with Gasteiger partial charge in [-0.1, -0.05) is 18.2 Å². The van der Waals surface area contributed by atoms with E-state index < -0.39 is 0 Å². The maximum Gasteiger partial charge on any atom is 0.129 e. The van der Waals surface area contributed by atoms with Crippen LogP contribution in [0.15, 0.2) is 40.9 Å². The van der Waals surface area contributed by atoms with E-state index in [-0.39, 0.29) is 5.75 Å². The Kier molecular flexibility index (Phi) is 3.59. The number of aryl methyl sites for hydroxylation is 1. The van der Waals surface area contributed by atoms with Gasteiger partial charge in [-0.2, -0.15) is 0 Å². The van der Waals surface area contributed by atoms with Gasteiger partial charge in [0.15, 0.2) is 0 Å². The molecule has 1 N–H and O–H groups in total. The van der Waals surface area contributed by atoms with Crippen LogP contribution in [0, 0.1) is 6.92 Å². The van der Waals surface area contributed by atoms with E-state index in [1.807, 2.05) is 24.3 Å². The lowest BCUT2D eigenvalue weighted by Crippen LogP contribution is -1.74. The van der Waals surface area contributed by atoms with Gasteiger partial charge in [-0.05, 0) is 64.3 Å². The molecule has 2 aromatic carbocycles. The smallest absolute Gasteiger partial charge is 0.129 e. The molecule has 0 atom stereocenters. The third-order valence-corrected chi connectivity index (χ3v) is 4.59. The average Bonchev–Trinajstić information content (AvgIpc) is 2.82. The summed E-state index contributed by atoms with van der Waals surface area (Å²) < 4.78 is 1.89. The van der Waals surface area contributed by atoms with E-state index in [9.17, 15) is 5.11 Å². The predicted molar refractivity (Wildman–Crippen MR) is 89.1 cm³/mol. The second kappa shape index (κ2) is 5.38. The number of hydrogen-bond acceptors (Lipinski definition) is 3. The van der Waals surface area contributed by atoms with Crippen LogP contribution in [0.1, 0.15) is 16.1 Å². The lowest BCUT2D eigenvalue weighted by molar-refractivity contribution is 0.472. The molecule has 0 bridgehead atoms. The monoisotopic (exact) mass is 345 g/mol. The highest BCUT2D eigenvalue weighted by molar-refractivity contribution is 9.10. The number of fused-ring (bicyclic) bond motifs is 1. The molecule has 3 aromatic rings. The molecule has 0 aliphatic carbocycles. The molecule has 0 aliphatic rings. The molecule has 0 amide bonds. The second-order valence-electron chi connectivity index (χ2n) is 4.57. The molecular formula is C16H12BrNOS. The van der Waals surface area contributed by atoms with E-state index in [2.05, 4.69) is 46.0 Å². The van der Waals surface area contributed by atoms with E-state index >= 15 is 0 Å². The second-order valence-corrected chi connectivity index (χ2v) is 6.48. The van der Waals surface area contributed by atoms with Gasteiger partial charge < -0.3 is 5.11 Å². The van der Waals surface area contributed by atoms with Crippen LogP contribution in [-0.2, 0) is 0 Å². The summed E-state index contributed by atoms with van der Waals surface area (Å²) in [6, 6.07) is 11.7. The summed E-state index contributed by atoms with van der Waals surface area (Å²) in [6.45, 7) is 2.07. The van der Waals surface area contributed by atoms with E-state index in [1.165, 1.54) is 10.3 Å². The average molecular weight is 346 g/mol. The quantitative estimate of drug-likeness (QED) is 0.688. The first-order valence-corrected chi connectivity index (χ1v) is 7.76. The molecule has 0 spiro atoms. The molecule has 0 fully saturated rings. The Bertz CT molecular complexity index is 807. The zero-order valence-electron chi connectivity index (χ0n) is 10.8. The highest BCUT2D eigenvalue weighted by Gasteiger charge is 2.01. The number of rotatable bonds is 2. The number of thiazole rings is 1. The first-order chi connectivity index (χ1) is 9.61. The van der Waals surface area contributed by atoms with E-state index in [0.717, 1.165) is 16.1 Å². The van der Waals surface area contributed by atoms with Crippen molar-refractivity contribution in [3.63, 3.8) is 0 Å². The number of phenolic OH excluding ortho intramolecular Hbond substituents is 1. The first-order valence-electron chi connectivity index (χ1n) is 6.15. The first kappa shape index (κ1) is 13.3. The van der Waals surface area contributed by atoms with Crippen molar-refractivity contribution in [3.05, 3.63) is 57.0 Å². The summed E-state index contributed by atoms with van der Waals surface area (Å²) in [4.78, 5) is 4.60. The van der Waals surface area contributed by atoms with E-state index in [4.69, 9.17) is 0 Å². The third kappa shape index (κ3) is 2.76. The highest BCUT2D eigenvalue weighted by Crippen LogP contribution is 2.27. The van der Waals surface area contributed by atoms with Gasteiger partial charge in [-0.15, -0.1) is 11.3 Å². The Balaban J connectivity index is 1.91. The van der Waals surface area contributed by atoms with Gasteiger partial charge in [-0.25, -0.2) is 4.98 Å². The minimum atomic E-state index is 0.248. The standard InChI is InChI=1S/C16H12BrNOS/c1-10-2-6-15-13(8-10)18-16(20-15)7-4-11-3-5-14(19)12(17)9-11/h2-9,19H,1H3. The zero-order valence-corrected chi connectivity index (χ0v) is 13.2. The lowest BCUT2D eigenvalue weighted by Gasteiger charge is -1.97. The van der Waals surface area contributed by atoms with Crippen LogP contribution < -0.4 is 0 Å². The molecule has 0 radical (unpaired) electrons. The summed E-state index contributed by atoms with van der Waals surface area (Å²) >= 11 is 4.99. The highest BCUT2D eigenvalue weighted by atomic mass is 79.9. The minimum absolute atomic E-state index is 0.248.